The molecule has 3 aromatic carbocycles. The van der Waals surface area contributed by atoms with Gasteiger partial charge in [-0.05, 0) is 36.4 Å². The highest BCUT2D eigenvalue weighted by Crippen LogP contribution is 2.33. The van der Waals surface area contributed by atoms with Crippen molar-refractivity contribution in [2.24, 2.45) is 0 Å². The number of amides is 1. The minimum Gasteiger partial charge on any atom is -0.321 e. The fraction of sp³-hybridized carbons (Fsp3) is 0.0500. The molecule has 0 saturated carbocycles. The number of para-hydroxylation sites is 2. The summed E-state index contributed by atoms with van der Waals surface area (Å²) in [6.45, 7) is 0. The topological polar surface area (TPSA) is 75.3 Å². The van der Waals surface area contributed by atoms with Crippen LogP contribution in [0.5, 0.6) is 0 Å². The summed E-state index contributed by atoms with van der Waals surface area (Å²) < 4.78 is 25.5. The predicted octanol–water partition coefficient (Wildman–Crippen LogP) is 4.46. The Balaban J connectivity index is 1.85. The lowest BCUT2D eigenvalue weighted by molar-refractivity contribution is 0.102. The minimum absolute atomic E-state index is 0.241. The van der Waals surface area contributed by atoms with E-state index in [-0.39, 0.29) is 17.2 Å². The van der Waals surface area contributed by atoms with Crippen LogP contribution in [0.3, 0.4) is 0 Å². The molecular formula is C20H18N2O3S2. The third kappa shape index (κ3) is 5.35. The van der Waals surface area contributed by atoms with Crippen LogP contribution in [0, 0.1) is 0 Å². The predicted molar refractivity (Wildman–Crippen MR) is 110 cm³/mol. The summed E-state index contributed by atoms with van der Waals surface area (Å²) in [5, 5.41) is 2.88. The summed E-state index contributed by atoms with van der Waals surface area (Å²) in [6, 6.07) is 23.8. The number of carbonyl (C=O) groups excluding carboxylic acids is 1. The van der Waals surface area contributed by atoms with E-state index in [1.807, 2.05) is 54.6 Å². The van der Waals surface area contributed by atoms with Crippen molar-refractivity contribution in [3.8, 4) is 0 Å². The number of sulfonamides is 1. The van der Waals surface area contributed by atoms with Gasteiger partial charge in [0.05, 0.1) is 23.2 Å². The summed E-state index contributed by atoms with van der Waals surface area (Å²) in [7, 11) is -3.49. The zero-order chi connectivity index (χ0) is 19.3. The molecule has 1 amide bonds. The molecule has 7 heteroatoms. The number of carbonyl (C=O) groups is 1. The van der Waals surface area contributed by atoms with E-state index in [2.05, 4.69) is 10.0 Å². The number of nitrogens with one attached hydrogen (secondary N) is 2. The molecule has 27 heavy (non-hydrogen) atoms. The first-order chi connectivity index (χ1) is 12.9. The molecule has 0 spiro atoms. The molecule has 0 aliphatic rings. The molecule has 0 unspecified atom stereocenters. The molecule has 0 saturated heterocycles. The molecule has 3 aromatic rings. The third-order valence-electron chi connectivity index (χ3n) is 3.57. The van der Waals surface area contributed by atoms with Crippen molar-refractivity contribution >= 4 is 39.1 Å². The molecule has 0 aromatic heterocycles. The van der Waals surface area contributed by atoms with Crippen LogP contribution in [0.2, 0.25) is 0 Å². The van der Waals surface area contributed by atoms with Crippen LogP contribution in [-0.4, -0.2) is 20.6 Å². The maximum Gasteiger partial charge on any atom is 0.257 e. The van der Waals surface area contributed by atoms with Crippen molar-refractivity contribution in [2.75, 3.05) is 16.3 Å². The van der Waals surface area contributed by atoms with E-state index < -0.39 is 10.0 Å². The Hall–Kier alpha value is -2.77. The van der Waals surface area contributed by atoms with Gasteiger partial charge in [-0.15, -0.1) is 0 Å². The SMILES string of the molecule is CS(=O)(=O)Nc1ccccc1C(=O)Nc1ccccc1Sc1ccccc1. The zero-order valence-corrected chi connectivity index (χ0v) is 16.2. The highest BCUT2D eigenvalue weighted by molar-refractivity contribution is 7.99. The fourth-order valence-electron chi connectivity index (χ4n) is 2.43. The van der Waals surface area contributed by atoms with Gasteiger partial charge < -0.3 is 5.32 Å². The highest BCUT2D eigenvalue weighted by Gasteiger charge is 2.15. The van der Waals surface area contributed by atoms with Gasteiger partial charge in [0.2, 0.25) is 10.0 Å². The first kappa shape index (κ1) is 19.0. The van der Waals surface area contributed by atoms with E-state index in [9.17, 15) is 13.2 Å². The van der Waals surface area contributed by atoms with Gasteiger partial charge in [0.25, 0.3) is 5.91 Å². The van der Waals surface area contributed by atoms with Crippen LogP contribution < -0.4 is 10.0 Å². The molecule has 0 bridgehead atoms. The van der Waals surface area contributed by atoms with Crippen molar-refractivity contribution in [1.29, 1.82) is 0 Å². The van der Waals surface area contributed by atoms with Crippen LogP contribution in [0.4, 0.5) is 11.4 Å². The second-order valence-electron chi connectivity index (χ2n) is 5.79. The summed E-state index contributed by atoms with van der Waals surface area (Å²) in [6.07, 6.45) is 1.05. The van der Waals surface area contributed by atoms with E-state index in [1.54, 1.807) is 24.3 Å². The smallest absolute Gasteiger partial charge is 0.257 e. The number of rotatable bonds is 6. The Kier molecular flexibility index (Phi) is 5.83. The number of hydrogen-bond donors (Lipinski definition) is 2. The lowest BCUT2D eigenvalue weighted by Crippen LogP contribution is -2.17. The van der Waals surface area contributed by atoms with E-state index in [0.717, 1.165) is 16.0 Å². The first-order valence-corrected chi connectivity index (χ1v) is 10.8. The van der Waals surface area contributed by atoms with E-state index >= 15 is 0 Å². The quantitative estimate of drug-likeness (QED) is 0.643. The van der Waals surface area contributed by atoms with Crippen LogP contribution in [0.25, 0.3) is 0 Å². The molecule has 0 radical (unpaired) electrons. The molecule has 138 valence electrons. The average Bonchev–Trinajstić information content (AvgIpc) is 2.63. The molecule has 0 fully saturated rings. The van der Waals surface area contributed by atoms with Gasteiger partial charge in [0.1, 0.15) is 0 Å². The molecule has 5 nitrogen and oxygen atoms in total. The zero-order valence-electron chi connectivity index (χ0n) is 14.5. The van der Waals surface area contributed by atoms with E-state index in [0.29, 0.717) is 5.69 Å². The fourth-order valence-corrected chi connectivity index (χ4v) is 3.93. The van der Waals surface area contributed by atoms with Gasteiger partial charge in [-0.25, -0.2) is 8.42 Å². The molecule has 0 atom stereocenters. The van der Waals surface area contributed by atoms with Crippen molar-refractivity contribution < 1.29 is 13.2 Å². The Bertz CT molecular complexity index is 1050. The minimum atomic E-state index is -3.49. The average molecular weight is 399 g/mol. The standard InChI is InChI=1S/C20H18N2O3S2/c1-27(24,25)22-17-12-6-5-11-16(17)20(23)21-18-13-7-8-14-19(18)26-15-9-3-2-4-10-15/h2-14,22H,1H3,(H,21,23). The lowest BCUT2D eigenvalue weighted by Gasteiger charge is -2.13. The summed E-state index contributed by atoms with van der Waals surface area (Å²) in [4.78, 5) is 14.7. The monoisotopic (exact) mass is 398 g/mol. The largest absolute Gasteiger partial charge is 0.321 e. The van der Waals surface area contributed by atoms with E-state index in [1.165, 1.54) is 11.8 Å². The van der Waals surface area contributed by atoms with Gasteiger partial charge >= 0.3 is 0 Å². The molecular weight excluding hydrogens is 380 g/mol. The second-order valence-corrected chi connectivity index (χ2v) is 8.65. The molecule has 0 heterocycles. The normalized spacial score (nSPS) is 11.0. The molecule has 2 N–H and O–H groups in total. The summed E-state index contributed by atoms with van der Waals surface area (Å²) >= 11 is 1.54. The van der Waals surface area contributed by atoms with Crippen molar-refractivity contribution in [1.82, 2.24) is 0 Å². The van der Waals surface area contributed by atoms with Crippen molar-refractivity contribution in [3.05, 3.63) is 84.4 Å². The summed E-state index contributed by atoms with van der Waals surface area (Å²) in [5.41, 5.74) is 1.15. The van der Waals surface area contributed by atoms with Gasteiger partial charge in [-0.1, -0.05) is 54.2 Å². The van der Waals surface area contributed by atoms with Gasteiger partial charge in [-0.2, -0.15) is 0 Å². The first-order valence-electron chi connectivity index (χ1n) is 8.12. The second kappa shape index (κ2) is 8.28. The third-order valence-corrected chi connectivity index (χ3v) is 5.25. The van der Waals surface area contributed by atoms with Gasteiger partial charge in [0, 0.05) is 9.79 Å². The Morgan fingerprint density at radius 3 is 2.11 bits per heavy atom. The van der Waals surface area contributed by atoms with Crippen molar-refractivity contribution in [3.63, 3.8) is 0 Å². The Morgan fingerprint density at radius 2 is 1.41 bits per heavy atom. The number of anilines is 2. The number of benzene rings is 3. The molecule has 0 aliphatic carbocycles. The van der Waals surface area contributed by atoms with Crippen LogP contribution in [0.15, 0.2) is 88.7 Å². The van der Waals surface area contributed by atoms with Crippen molar-refractivity contribution in [2.45, 2.75) is 9.79 Å². The molecule has 3 rings (SSSR count). The van der Waals surface area contributed by atoms with Crippen LogP contribution >= 0.6 is 11.8 Å². The van der Waals surface area contributed by atoms with Gasteiger partial charge in [0.15, 0.2) is 0 Å². The Labute approximate surface area is 162 Å². The number of hydrogen-bond acceptors (Lipinski definition) is 4. The van der Waals surface area contributed by atoms with Crippen LogP contribution in [-0.2, 0) is 10.0 Å². The lowest BCUT2D eigenvalue weighted by atomic mass is 10.1. The highest BCUT2D eigenvalue weighted by atomic mass is 32.2. The maximum atomic E-state index is 12.8. The Morgan fingerprint density at radius 1 is 0.815 bits per heavy atom. The van der Waals surface area contributed by atoms with E-state index in [4.69, 9.17) is 0 Å². The maximum absolute atomic E-state index is 12.8. The van der Waals surface area contributed by atoms with Gasteiger partial charge in [-0.3, -0.25) is 9.52 Å². The summed E-state index contributed by atoms with van der Waals surface area (Å²) in [5.74, 6) is -0.386. The molecule has 0 aliphatic heterocycles. The van der Waals surface area contributed by atoms with Crippen LogP contribution in [0.1, 0.15) is 10.4 Å².